The van der Waals surface area contributed by atoms with E-state index in [9.17, 15) is 0 Å². The highest BCUT2D eigenvalue weighted by Crippen LogP contribution is 2.59. The highest BCUT2D eigenvalue weighted by molar-refractivity contribution is 6.06. The molecule has 2 aliphatic rings. The summed E-state index contributed by atoms with van der Waals surface area (Å²) in [6.07, 6.45) is 0. The van der Waals surface area contributed by atoms with Crippen LogP contribution in [0.3, 0.4) is 0 Å². The van der Waals surface area contributed by atoms with Crippen LogP contribution < -0.4 is 4.90 Å². The van der Waals surface area contributed by atoms with Gasteiger partial charge in [-0.3, -0.25) is 0 Å². The number of nitrogens with zero attached hydrogens (tertiary/aromatic N) is 1. The van der Waals surface area contributed by atoms with Gasteiger partial charge in [0.25, 0.3) is 0 Å². The summed E-state index contributed by atoms with van der Waals surface area (Å²) in [4.78, 5) is 2.54. The highest BCUT2D eigenvalue weighted by atomic mass is 15.1. The first-order valence-electron chi connectivity index (χ1n) is 24.2. The molecule has 2 aliphatic carbocycles. The minimum atomic E-state index is -0.505. The summed E-state index contributed by atoms with van der Waals surface area (Å²) in [7, 11) is 0. The molecule has 0 radical (unpaired) electrons. The number of fused-ring (bicyclic) bond motifs is 7. The predicted molar refractivity (Wildman–Crippen MR) is 290 cm³/mol. The van der Waals surface area contributed by atoms with E-state index in [2.05, 4.69) is 280 Å². The normalized spacial score (nSPS) is 13.6. The zero-order chi connectivity index (χ0) is 46.1. The van der Waals surface area contributed by atoms with Crippen LogP contribution >= 0.6 is 0 Å². The summed E-state index contributed by atoms with van der Waals surface area (Å²) in [5.74, 6) is 0. The first-order chi connectivity index (χ1) is 34.0. The maximum Gasteiger partial charge on any atom is 0.0713 e. The molecule has 13 rings (SSSR count). The molecule has 0 aromatic heterocycles. The van der Waals surface area contributed by atoms with Crippen LogP contribution in [-0.4, -0.2) is 0 Å². The van der Waals surface area contributed by atoms with Crippen molar-refractivity contribution in [3.63, 3.8) is 0 Å². The SMILES string of the molecule is CC1(C)c2ccccc2-c2c(-c3c(-c4ccccc4)cccc3N(c3ccc4c(c3)-c3ccccc3C4(c3ccccc3)c3ccccc3)c3ccc4cccc(-c5ccccc5)c4c3)cccc21. The lowest BCUT2D eigenvalue weighted by Crippen LogP contribution is -2.28. The van der Waals surface area contributed by atoms with E-state index in [0.29, 0.717) is 0 Å². The van der Waals surface area contributed by atoms with Gasteiger partial charge in [-0.25, -0.2) is 0 Å². The Balaban J connectivity index is 1.13. The molecule has 0 amide bonds. The maximum atomic E-state index is 2.54. The van der Waals surface area contributed by atoms with Crippen molar-refractivity contribution in [3.8, 4) is 55.6 Å². The summed E-state index contributed by atoms with van der Waals surface area (Å²) >= 11 is 0. The number of benzene rings is 11. The van der Waals surface area contributed by atoms with Gasteiger partial charge < -0.3 is 4.90 Å². The summed E-state index contributed by atoms with van der Waals surface area (Å²) in [5.41, 5.74) is 22.8. The van der Waals surface area contributed by atoms with E-state index in [1.807, 2.05) is 0 Å². The summed E-state index contributed by atoms with van der Waals surface area (Å²) in [6.45, 7) is 4.76. The average molecular weight is 880 g/mol. The van der Waals surface area contributed by atoms with Crippen molar-refractivity contribution in [1.29, 1.82) is 0 Å². The molecule has 69 heavy (non-hydrogen) atoms. The molecule has 0 spiro atoms. The second-order valence-corrected chi connectivity index (χ2v) is 19.1. The lowest BCUT2D eigenvalue weighted by Gasteiger charge is -2.34. The Morgan fingerprint density at radius 2 is 0.797 bits per heavy atom. The molecule has 0 heterocycles. The highest BCUT2D eigenvalue weighted by Gasteiger charge is 2.46. The molecule has 1 nitrogen and oxygen atoms in total. The van der Waals surface area contributed by atoms with Crippen molar-refractivity contribution < 1.29 is 0 Å². The molecule has 0 unspecified atom stereocenters. The summed E-state index contributed by atoms with van der Waals surface area (Å²) in [6, 6.07) is 97.0. The van der Waals surface area contributed by atoms with E-state index in [1.54, 1.807) is 0 Å². The molecular weight excluding hydrogens is 831 g/mol. The largest absolute Gasteiger partial charge is 0.310 e. The van der Waals surface area contributed by atoms with Crippen LogP contribution in [-0.2, 0) is 10.8 Å². The Morgan fingerprint density at radius 1 is 0.304 bits per heavy atom. The molecule has 0 fully saturated rings. The summed E-state index contributed by atoms with van der Waals surface area (Å²) in [5, 5.41) is 2.42. The van der Waals surface area contributed by atoms with Crippen molar-refractivity contribution in [2.75, 3.05) is 4.90 Å². The fourth-order valence-corrected chi connectivity index (χ4v) is 12.1. The predicted octanol–water partition coefficient (Wildman–Crippen LogP) is 18.0. The van der Waals surface area contributed by atoms with Gasteiger partial charge in [0, 0.05) is 22.4 Å². The van der Waals surface area contributed by atoms with Crippen molar-refractivity contribution in [2.24, 2.45) is 0 Å². The van der Waals surface area contributed by atoms with Gasteiger partial charge in [0.1, 0.15) is 0 Å². The first kappa shape index (κ1) is 40.7. The van der Waals surface area contributed by atoms with E-state index in [-0.39, 0.29) is 5.41 Å². The minimum Gasteiger partial charge on any atom is -0.310 e. The van der Waals surface area contributed by atoms with E-state index in [1.165, 1.54) is 99.8 Å². The van der Waals surface area contributed by atoms with Crippen molar-refractivity contribution >= 4 is 27.8 Å². The number of rotatable bonds is 8. The van der Waals surface area contributed by atoms with Gasteiger partial charge >= 0.3 is 0 Å². The molecule has 0 N–H and O–H groups in total. The zero-order valence-electron chi connectivity index (χ0n) is 38.8. The third-order valence-electron chi connectivity index (χ3n) is 15.2. The average Bonchev–Trinajstić information content (AvgIpc) is 3.85. The van der Waals surface area contributed by atoms with E-state index < -0.39 is 5.41 Å². The fourth-order valence-electron chi connectivity index (χ4n) is 12.1. The molecule has 0 saturated carbocycles. The van der Waals surface area contributed by atoms with Crippen molar-refractivity contribution in [3.05, 3.63) is 294 Å². The van der Waals surface area contributed by atoms with E-state index in [0.717, 1.165) is 17.1 Å². The molecule has 11 aromatic carbocycles. The molecular formula is C68H49N. The molecule has 1 heteroatoms. The second kappa shape index (κ2) is 16.1. The smallest absolute Gasteiger partial charge is 0.0713 e. The third kappa shape index (κ3) is 6.24. The number of anilines is 3. The topological polar surface area (TPSA) is 3.24 Å². The Kier molecular flexibility index (Phi) is 9.49. The maximum absolute atomic E-state index is 2.54. The lowest BCUT2D eigenvalue weighted by molar-refractivity contribution is 0.660. The van der Waals surface area contributed by atoms with E-state index >= 15 is 0 Å². The van der Waals surface area contributed by atoms with Crippen LogP contribution in [0.2, 0.25) is 0 Å². The van der Waals surface area contributed by atoms with E-state index in [4.69, 9.17) is 0 Å². The summed E-state index contributed by atoms with van der Waals surface area (Å²) < 4.78 is 0. The van der Waals surface area contributed by atoms with Crippen molar-refractivity contribution in [2.45, 2.75) is 24.7 Å². The standard InChI is InChI=1S/C68H49N/c1-67(2)60-36-17-16-32-56(60)65-57(35-20-38-63(65)67)66-54(47-24-9-4-10-25-47)34-21-39-64(66)69(51-41-40-48-26-19-33-53(58(48)44-51)46-22-7-3-8-23-46)52-42-43-62-59(45-52)55-31-15-18-37-61(55)68(62,49-27-11-5-12-28-49)50-29-13-6-14-30-50/h3-45H,1-2H3. The van der Waals surface area contributed by atoms with Gasteiger partial charge in [0.05, 0.1) is 11.1 Å². The van der Waals surface area contributed by atoms with Crippen LogP contribution in [0.4, 0.5) is 17.1 Å². The van der Waals surface area contributed by atoms with Gasteiger partial charge in [0.15, 0.2) is 0 Å². The Labute approximate surface area is 405 Å². The van der Waals surface area contributed by atoms with Gasteiger partial charge in [-0.2, -0.15) is 0 Å². The second-order valence-electron chi connectivity index (χ2n) is 19.1. The van der Waals surface area contributed by atoms with Gasteiger partial charge in [-0.05, 0) is 125 Å². The zero-order valence-corrected chi connectivity index (χ0v) is 38.8. The number of hydrogen-bond donors (Lipinski definition) is 0. The van der Waals surface area contributed by atoms with Crippen LogP contribution in [0.15, 0.2) is 261 Å². The van der Waals surface area contributed by atoms with Gasteiger partial charge in [0.2, 0.25) is 0 Å². The molecule has 0 atom stereocenters. The molecule has 0 saturated heterocycles. The third-order valence-corrected chi connectivity index (χ3v) is 15.2. The Morgan fingerprint density at radius 3 is 1.51 bits per heavy atom. The van der Waals surface area contributed by atoms with Crippen LogP contribution in [0.5, 0.6) is 0 Å². The molecule has 326 valence electrons. The Hall–Kier alpha value is -8.52. The quantitative estimate of drug-likeness (QED) is 0.147. The monoisotopic (exact) mass is 879 g/mol. The van der Waals surface area contributed by atoms with Crippen LogP contribution in [0.25, 0.3) is 66.4 Å². The molecule has 0 bridgehead atoms. The Bertz CT molecular complexity index is 3700. The first-order valence-corrected chi connectivity index (χ1v) is 24.2. The fraction of sp³-hybridized carbons (Fsp3) is 0.0588. The molecule has 11 aromatic rings. The van der Waals surface area contributed by atoms with Crippen molar-refractivity contribution in [1.82, 2.24) is 0 Å². The molecule has 0 aliphatic heterocycles. The van der Waals surface area contributed by atoms with Gasteiger partial charge in [-0.15, -0.1) is 0 Å². The van der Waals surface area contributed by atoms with Crippen LogP contribution in [0.1, 0.15) is 47.2 Å². The lowest BCUT2D eigenvalue weighted by atomic mass is 9.68. The van der Waals surface area contributed by atoms with Crippen LogP contribution in [0, 0.1) is 0 Å². The minimum absolute atomic E-state index is 0.160. The number of hydrogen-bond acceptors (Lipinski definition) is 1. The van der Waals surface area contributed by atoms with Gasteiger partial charge in [-0.1, -0.05) is 244 Å².